The summed E-state index contributed by atoms with van der Waals surface area (Å²) in [7, 11) is -1.58. The monoisotopic (exact) mass is 327 g/mol. The highest BCUT2D eigenvalue weighted by Gasteiger charge is 2.34. The van der Waals surface area contributed by atoms with Crippen molar-refractivity contribution in [3.05, 3.63) is 16.6 Å². The van der Waals surface area contributed by atoms with Gasteiger partial charge in [0.15, 0.2) is 0 Å². The van der Waals surface area contributed by atoms with Gasteiger partial charge in [-0.3, -0.25) is 9.48 Å². The Labute approximate surface area is 127 Å². The van der Waals surface area contributed by atoms with Gasteiger partial charge in [-0.2, -0.15) is 5.10 Å². The van der Waals surface area contributed by atoms with Gasteiger partial charge in [0.1, 0.15) is 4.83 Å². The van der Waals surface area contributed by atoms with Crippen LogP contribution < -0.4 is 0 Å². The van der Waals surface area contributed by atoms with Gasteiger partial charge in [0.2, 0.25) is 10.0 Å². The number of fused-ring (bicyclic) bond motifs is 1. The minimum Gasteiger partial charge on any atom is -0.267 e. The number of carbonyl (C=O) groups excluding carboxylic acids is 1. The summed E-state index contributed by atoms with van der Waals surface area (Å²) in [5, 5.41) is 5.40. The minimum absolute atomic E-state index is 0.0580. The van der Waals surface area contributed by atoms with Crippen LogP contribution in [0, 0.1) is 0 Å². The first-order valence-corrected chi connectivity index (χ1v) is 9.25. The lowest BCUT2D eigenvalue weighted by atomic mass is 10.1. The van der Waals surface area contributed by atoms with Crippen LogP contribution in [0.25, 0.3) is 10.2 Å². The molecule has 0 aromatic carbocycles. The van der Waals surface area contributed by atoms with Crippen molar-refractivity contribution in [3.8, 4) is 0 Å². The number of amides is 1. The van der Waals surface area contributed by atoms with E-state index in [9.17, 15) is 13.2 Å². The summed E-state index contributed by atoms with van der Waals surface area (Å²) in [6.07, 6.45) is 0.512. The van der Waals surface area contributed by atoms with E-state index in [1.165, 1.54) is 11.3 Å². The SMILES string of the molecule is CC(C)c1nn(C)c2sc(C(=O)N3CCCS3(=O)=O)cc12. The molecule has 0 unspecified atom stereocenters. The maximum Gasteiger partial charge on any atom is 0.277 e. The van der Waals surface area contributed by atoms with Gasteiger partial charge in [-0.25, -0.2) is 12.7 Å². The molecule has 8 heteroatoms. The van der Waals surface area contributed by atoms with Crippen LogP contribution in [0.5, 0.6) is 0 Å². The summed E-state index contributed by atoms with van der Waals surface area (Å²) >= 11 is 1.30. The quantitative estimate of drug-likeness (QED) is 0.845. The van der Waals surface area contributed by atoms with E-state index in [0.717, 1.165) is 20.2 Å². The third-order valence-electron chi connectivity index (χ3n) is 3.62. The molecule has 21 heavy (non-hydrogen) atoms. The zero-order valence-corrected chi connectivity index (χ0v) is 13.8. The van der Waals surface area contributed by atoms with Crippen molar-refractivity contribution in [2.24, 2.45) is 7.05 Å². The highest BCUT2D eigenvalue weighted by Crippen LogP contribution is 2.33. The molecule has 0 aliphatic carbocycles. The molecule has 0 bridgehead atoms. The molecule has 114 valence electrons. The fourth-order valence-corrected chi connectivity index (χ4v) is 5.15. The van der Waals surface area contributed by atoms with Crippen molar-refractivity contribution in [2.75, 3.05) is 12.3 Å². The number of carbonyl (C=O) groups is 1. The summed E-state index contributed by atoms with van der Waals surface area (Å²) in [5.74, 6) is -0.104. The van der Waals surface area contributed by atoms with Gasteiger partial charge in [-0.1, -0.05) is 13.8 Å². The van der Waals surface area contributed by atoms with Gasteiger partial charge in [-0.15, -0.1) is 11.3 Å². The number of hydrogen-bond donors (Lipinski definition) is 0. The second-order valence-electron chi connectivity index (χ2n) is 5.54. The van der Waals surface area contributed by atoms with Crippen molar-refractivity contribution in [3.63, 3.8) is 0 Å². The number of thiophene rings is 1. The number of aryl methyl sites for hydroxylation is 1. The normalized spacial score (nSPS) is 18.0. The first-order valence-electron chi connectivity index (χ1n) is 6.82. The predicted octanol–water partition coefficient (Wildman–Crippen LogP) is 1.93. The van der Waals surface area contributed by atoms with E-state index in [1.807, 2.05) is 20.9 Å². The van der Waals surface area contributed by atoms with E-state index in [4.69, 9.17) is 0 Å². The number of hydrogen-bond acceptors (Lipinski definition) is 5. The molecular formula is C13H17N3O3S2. The molecule has 0 spiro atoms. The van der Waals surface area contributed by atoms with Gasteiger partial charge in [0.25, 0.3) is 5.91 Å². The Balaban J connectivity index is 2.06. The summed E-state index contributed by atoms with van der Waals surface area (Å²) < 4.78 is 26.5. The van der Waals surface area contributed by atoms with E-state index in [1.54, 1.807) is 10.7 Å². The van der Waals surface area contributed by atoms with Crippen LogP contribution in [0.4, 0.5) is 0 Å². The van der Waals surface area contributed by atoms with Crippen LogP contribution >= 0.6 is 11.3 Å². The average Bonchev–Trinajstić information content (AvgIpc) is 3.03. The maximum atomic E-state index is 12.5. The lowest BCUT2D eigenvalue weighted by Gasteiger charge is -2.12. The second kappa shape index (κ2) is 4.81. The lowest BCUT2D eigenvalue weighted by molar-refractivity contribution is 0.0874. The maximum absolute atomic E-state index is 12.5. The lowest BCUT2D eigenvalue weighted by Crippen LogP contribution is -2.31. The first-order chi connectivity index (χ1) is 9.81. The molecule has 1 aliphatic rings. The molecule has 2 aromatic rings. The Bertz CT molecular complexity index is 817. The van der Waals surface area contributed by atoms with Crippen LogP contribution in [-0.4, -0.2) is 40.7 Å². The van der Waals surface area contributed by atoms with Crippen LogP contribution in [0.15, 0.2) is 6.07 Å². The Morgan fingerprint density at radius 3 is 2.71 bits per heavy atom. The van der Waals surface area contributed by atoms with Crippen LogP contribution in [0.3, 0.4) is 0 Å². The molecule has 3 rings (SSSR count). The smallest absolute Gasteiger partial charge is 0.267 e. The number of nitrogens with zero attached hydrogens (tertiary/aromatic N) is 3. The van der Waals surface area contributed by atoms with Crippen molar-refractivity contribution in [1.82, 2.24) is 14.1 Å². The molecule has 1 saturated heterocycles. The molecule has 0 saturated carbocycles. The van der Waals surface area contributed by atoms with Gasteiger partial charge >= 0.3 is 0 Å². The minimum atomic E-state index is -3.42. The topological polar surface area (TPSA) is 72.3 Å². The number of rotatable bonds is 2. The number of aromatic nitrogens is 2. The van der Waals surface area contributed by atoms with Gasteiger partial charge < -0.3 is 0 Å². The van der Waals surface area contributed by atoms with Crippen molar-refractivity contribution >= 4 is 37.5 Å². The second-order valence-corrected chi connectivity index (χ2v) is 8.58. The van der Waals surface area contributed by atoms with Gasteiger partial charge in [0, 0.05) is 19.0 Å². The standard InChI is InChI=1S/C13H17N3O3S2/c1-8(2)11-9-7-10(20-13(9)15(3)14-11)12(17)16-5-4-6-21(16,18)19/h7-8H,4-6H2,1-3H3. The van der Waals surface area contributed by atoms with E-state index in [-0.39, 0.29) is 18.2 Å². The molecule has 0 atom stereocenters. The Morgan fingerprint density at radius 2 is 2.14 bits per heavy atom. The van der Waals surface area contributed by atoms with Crippen molar-refractivity contribution in [2.45, 2.75) is 26.2 Å². The fourth-order valence-electron chi connectivity index (χ4n) is 2.59. The van der Waals surface area contributed by atoms with Gasteiger partial charge in [0.05, 0.1) is 16.3 Å². The third kappa shape index (κ3) is 2.26. The van der Waals surface area contributed by atoms with E-state index < -0.39 is 15.9 Å². The van der Waals surface area contributed by atoms with Gasteiger partial charge in [-0.05, 0) is 18.4 Å². The van der Waals surface area contributed by atoms with Crippen molar-refractivity contribution in [1.29, 1.82) is 0 Å². The highest BCUT2D eigenvalue weighted by molar-refractivity contribution is 7.89. The molecule has 6 nitrogen and oxygen atoms in total. The van der Waals surface area contributed by atoms with E-state index >= 15 is 0 Å². The molecule has 2 aromatic heterocycles. The Hall–Kier alpha value is -1.41. The Kier molecular flexibility index (Phi) is 3.32. The fraction of sp³-hybridized carbons (Fsp3) is 0.538. The molecule has 1 aliphatic heterocycles. The summed E-state index contributed by atoms with van der Waals surface area (Å²) in [5.41, 5.74) is 0.937. The molecular weight excluding hydrogens is 310 g/mol. The predicted molar refractivity (Wildman–Crippen MR) is 82.1 cm³/mol. The molecule has 3 heterocycles. The molecule has 1 amide bonds. The number of sulfonamides is 1. The van der Waals surface area contributed by atoms with Crippen LogP contribution in [0.1, 0.15) is 41.6 Å². The van der Waals surface area contributed by atoms with E-state index in [2.05, 4.69) is 5.10 Å². The molecule has 0 N–H and O–H groups in total. The third-order valence-corrected chi connectivity index (χ3v) is 6.64. The first kappa shape index (κ1) is 14.5. The zero-order valence-electron chi connectivity index (χ0n) is 12.2. The van der Waals surface area contributed by atoms with E-state index in [0.29, 0.717) is 11.3 Å². The summed E-state index contributed by atoms with van der Waals surface area (Å²) in [4.78, 5) is 13.8. The average molecular weight is 327 g/mol. The highest BCUT2D eigenvalue weighted by atomic mass is 32.2. The summed E-state index contributed by atoms with van der Waals surface area (Å²) in [6, 6.07) is 1.78. The molecule has 1 fully saturated rings. The summed E-state index contributed by atoms with van der Waals surface area (Å²) in [6.45, 7) is 4.38. The molecule has 0 radical (unpaired) electrons. The van der Waals surface area contributed by atoms with Crippen LogP contribution in [-0.2, 0) is 17.1 Å². The zero-order chi connectivity index (χ0) is 15.4. The largest absolute Gasteiger partial charge is 0.277 e. The van der Waals surface area contributed by atoms with Crippen molar-refractivity contribution < 1.29 is 13.2 Å². The Morgan fingerprint density at radius 1 is 1.43 bits per heavy atom. The van der Waals surface area contributed by atoms with Crippen LogP contribution in [0.2, 0.25) is 0 Å².